The zero-order valence-electron chi connectivity index (χ0n) is 13.1. The van der Waals surface area contributed by atoms with E-state index in [0.717, 1.165) is 17.0 Å². The van der Waals surface area contributed by atoms with Crippen LogP contribution in [0.15, 0.2) is 46.7 Å². The lowest BCUT2D eigenvalue weighted by atomic mass is 10.2. The van der Waals surface area contributed by atoms with Crippen molar-refractivity contribution >= 4 is 44.6 Å². The molecule has 0 bridgehead atoms. The minimum atomic E-state index is -3.71. The first-order valence-corrected chi connectivity index (χ1v) is 10.1. The van der Waals surface area contributed by atoms with Gasteiger partial charge in [-0.15, -0.1) is 11.3 Å². The monoisotopic (exact) mass is 384 g/mol. The van der Waals surface area contributed by atoms with Crippen molar-refractivity contribution in [2.75, 3.05) is 18.5 Å². The molecule has 128 valence electrons. The maximum absolute atomic E-state index is 12.8. The number of rotatable bonds is 4. The van der Waals surface area contributed by atoms with Crippen LogP contribution in [-0.2, 0) is 14.8 Å². The molecule has 0 N–H and O–H groups in total. The summed E-state index contributed by atoms with van der Waals surface area (Å²) in [5.41, 5.74) is 0.742. The van der Waals surface area contributed by atoms with E-state index in [1.807, 2.05) is 30.3 Å². The third kappa shape index (κ3) is 3.21. The standard InChI is InChI=1S/C16H17ClN2O3S2/c1-18(12-6-3-2-4-7-12)16(20)13-8-5-11-19(13)24(21,22)15-10-9-14(17)23-15/h2-4,6-7,9-10,13H,5,8,11H2,1H3. The molecule has 1 fully saturated rings. The summed E-state index contributed by atoms with van der Waals surface area (Å²) >= 11 is 6.87. The van der Waals surface area contributed by atoms with Crippen molar-refractivity contribution in [1.29, 1.82) is 0 Å². The second-order valence-corrected chi connectivity index (χ2v) is 9.40. The van der Waals surface area contributed by atoms with E-state index in [1.54, 1.807) is 13.1 Å². The van der Waals surface area contributed by atoms with E-state index in [2.05, 4.69) is 0 Å². The molecule has 1 aliphatic rings. The Kier molecular flexibility index (Phi) is 4.96. The van der Waals surface area contributed by atoms with Crippen LogP contribution in [0, 0.1) is 0 Å². The lowest BCUT2D eigenvalue weighted by Crippen LogP contribution is -2.46. The minimum Gasteiger partial charge on any atom is -0.314 e. The van der Waals surface area contributed by atoms with Crippen molar-refractivity contribution in [2.24, 2.45) is 0 Å². The molecule has 24 heavy (non-hydrogen) atoms. The van der Waals surface area contributed by atoms with Gasteiger partial charge in [0, 0.05) is 19.3 Å². The first-order valence-electron chi connectivity index (χ1n) is 7.51. The summed E-state index contributed by atoms with van der Waals surface area (Å²) in [7, 11) is -2.04. The topological polar surface area (TPSA) is 57.7 Å². The zero-order chi connectivity index (χ0) is 17.3. The second-order valence-electron chi connectivity index (χ2n) is 5.57. The predicted molar refractivity (Wildman–Crippen MR) is 96.1 cm³/mol. The quantitative estimate of drug-likeness (QED) is 0.813. The Balaban J connectivity index is 1.87. The second kappa shape index (κ2) is 6.84. The SMILES string of the molecule is CN(C(=O)C1CCCN1S(=O)(=O)c1ccc(Cl)s1)c1ccccc1. The Morgan fingerprint density at radius 3 is 2.58 bits per heavy atom. The molecule has 0 radical (unpaired) electrons. The molecule has 3 rings (SSSR count). The van der Waals surface area contributed by atoms with Gasteiger partial charge in [0.25, 0.3) is 10.0 Å². The number of benzene rings is 1. The van der Waals surface area contributed by atoms with Gasteiger partial charge in [0.05, 0.1) is 4.34 Å². The first-order chi connectivity index (χ1) is 11.4. The Bertz CT molecular complexity index is 836. The number of thiophene rings is 1. The molecule has 0 spiro atoms. The molecule has 1 aromatic heterocycles. The summed E-state index contributed by atoms with van der Waals surface area (Å²) in [6.07, 6.45) is 1.19. The summed E-state index contributed by atoms with van der Waals surface area (Å²) < 4.78 is 27.5. The number of carbonyl (C=O) groups is 1. The van der Waals surface area contributed by atoms with Crippen molar-refractivity contribution in [1.82, 2.24) is 4.31 Å². The van der Waals surface area contributed by atoms with Crippen LogP contribution in [-0.4, -0.2) is 38.3 Å². The number of sulfonamides is 1. The van der Waals surface area contributed by atoms with Gasteiger partial charge in [-0.1, -0.05) is 29.8 Å². The molecule has 8 heteroatoms. The van der Waals surface area contributed by atoms with Gasteiger partial charge in [0.15, 0.2) is 0 Å². The highest BCUT2D eigenvalue weighted by atomic mass is 35.5. The summed E-state index contributed by atoms with van der Waals surface area (Å²) in [5, 5.41) is 0. The molecule has 5 nitrogen and oxygen atoms in total. The van der Waals surface area contributed by atoms with Gasteiger partial charge in [-0.3, -0.25) is 4.79 Å². The molecule has 1 unspecified atom stereocenters. The summed E-state index contributed by atoms with van der Waals surface area (Å²) in [5.74, 6) is -0.218. The highest BCUT2D eigenvalue weighted by molar-refractivity contribution is 7.91. The summed E-state index contributed by atoms with van der Waals surface area (Å²) in [4.78, 5) is 14.4. The molecule has 1 amide bonds. The van der Waals surface area contributed by atoms with E-state index in [0.29, 0.717) is 23.7 Å². The van der Waals surface area contributed by atoms with Crippen LogP contribution >= 0.6 is 22.9 Å². The average molecular weight is 385 g/mol. The lowest BCUT2D eigenvalue weighted by molar-refractivity contribution is -0.121. The molecule has 0 saturated carbocycles. The maximum atomic E-state index is 12.8. The van der Waals surface area contributed by atoms with Gasteiger partial charge in [0.2, 0.25) is 5.91 Å². The normalized spacial score (nSPS) is 18.7. The van der Waals surface area contributed by atoms with Crippen LogP contribution in [0.5, 0.6) is 0 Å². The first kappa shape index (κ1) is 17.4. The predicted octanol–water partition coefficient (Wildman–Crippen LogP) is 3.22. The summed E-state index contributed by atoms with van der Waals surface area (Å²) in [6, 6.07) is 11.6. The maximum Gasteiger partial charge on any atom is 0.253 e. The van der Waals surface area contributed by atoms with Gasteiger partial charge in [-0.2, -0.15) is 4.31 Å². The Hall–Kier alpha value is -1.41. The van der Waals surface area contributed by atoms with Gasteiger partial charge in [0.1, 0.15) is 10.3 Å². The minimum absolute atomic E-state index is 0.176. The smallest absolute Gasteiger partial charge is 0.253 e. The number of hydrogen-bond donors (Lipinski definition) is 0. The zero-order valence-corrected chi connectivity index (χ0v) is 15.4. The van der Waals surface area contributed by atoms with E-state index in [4.69, 9.17) is 11.6 Å². The van der Waals surface area contributed by atoms with Crippen LogP contribution in [0.25, 0.3) is 0 Å². The Labute approximate surface area is 150 Å². The molecule has 2 aromatic rings. The Morgan fingerprint density at radius 1 is 1.25 bits per heavy atom. The third-order valence-electron chi connectivity index (χ3n) is 4.07. The van der Waals surface area contributed by atoms with Gasteiger partial charge >= 0.3 is 0 Å². The number of carbonyl (C=O) groups excluding carboxylic acids is 1. The van der Waals surface area contributed by atoms with E-state index >= 15 is 0 Å². The fourth-order valence-corrected chi connectivity index (χ4v) is 6.09. The number of amides is 1. The number of hydrogen-bond acceptors (Lipinski definition) is 4. The number of para-hydroxylation sites is 1. The molecule has 1 aliphatic heterocycles. The summed E-state index contributed by atoms with van der Waals surface area (Å²) in [6.45, 7) is 0.344. The molecule has 1 atom stereocenters. The average Bonchev–Trinajstić information content (AvgIpc) is 3.23. The number of likely N-dealkylation sites (N-methyl/N-ethyl adjacent to an activating group) is 1. The highest BCUT2D eigenvalue weighted by Crippen LogP contribution is 2.33. The van der Waals surface area contributed by atoms with E-state index in [-0.39, 0.29) is 10.1 Å². The fraction of sp³-hybridized carbons (Fsp3) is 0.312. The van der Waals surface area contributed by atoms with Crippen LogP contribution in [0.2, 0.25) is 4.34 Å². The van der Waals surface area contributed by atoms with Gasteiger partial charge in [-0.05, 0) is 37.1 Å². The molecule has 2 heterocycles. The van der Waals surface area contributed by atoms with Crippen molar-refractivity contribution in [3.05, 3.63) is 46.8 Å². The van der Waals surface area contributed by atoms with Crippen molar-refractivity contribution < 1.29 is 13.2 Å². The number of anilines is 1. The lowest BCUT2D eigenvalue weighted by Gasteiger charge is -2.27. The Morgan fingerprint density at radius 2 is 1.96 bits per heavy atom. The number of nitrogens with zero attached hydrogens (tertiary/aromatic N) is 2. The van der Waals surface area contributed by atoms with Gasteiger partial charge < -0.3 is 4.90 Å². The molecular weight excluding hydrogens is 368 g/mol. The highest BCUT2D eigenvalue weighted by Gasteiger charge is 2.41. The molecule has 1 aromatic carbocycles. The molecular formula is C16H17ClN2O3S2. The van der Waals surface area contributed by atoms with Crippen molar-refractivity contribution in [2.45, 2.75) is 23.1 Å². The van der Waals surface area contributed by atoms with Crippen LogP contribution in [0.4, 0.5) is 5.69 Å². The number of halogens is 1. The largest absolute Gasteiger partial charge is 0.314 e. The molecule has 0 aliphatic carbocycles. The van der Waals surface area contributed by atoms with Crippen LogP contribution in [0.3, 0.4) is 0 Å². The van der Waals surface area contributed by atoms with Crippen molar-refractivity contribution in [3.8, 4) is 0 Å². The van der Waals surface area contributed by atoms with Gasteiger partial charge in [-0.25, -0.2) is 8.42 Å². The fourth-order valence-electron chi connectivity index (χ4n) is 2.83. The van der Waals surface area contributed by atoms with Crippen molar-refractivity contribution in [3.63, 3.8) is 0 Å². The van der Waals surface area contributed by atoms with E-state index in [9.17, 15) is 13.2 Å². The van der Waals surface area contributed by atoms with Crippen LogP contribution < -0.4 is 4.90 Å². The third-order valence-corrected chi connectivity index (χ3v) is 7.68. The van der Waals surface area contributed by atoms with E-state index < -0.39 is 16.1 Å². The molecule has 1 saturated heterocycles. The van der Waals surface area contributed by atoms with Crippen LogP contribution in [0.1, 0.15) is 12.8 Å². The van der Waals surface area contributed by atoms with E-state index in [1.165, 1.54) is 15.3 Å².